The molecule has 0 radical (unpaired) electrons. The molecule has 15 heteroatoms. The molecule has 1 aromatic rings. The van der Waals surface area contributed by atoms with Crippen molar-refractivity contribution in [3.63, 3.8) is 0 Å². The van der Waals surface area contributed by atoms with E-state index in [1.165, 1.54) is 18.2 Å². The smallest absolute Gasteiger partial charge is 0.363 e. The molecule has 8 atom stereocenters. The van der Waals surface area contributed by atoms with Crippen molar-refractivity contribution in [2.24, 2.45) is 0 Å². The van der Waals surface area contributed by atoms with Gasteiger partial charge in [0, 0.05) is 24.5 Å². The number of aliphatic hydroxyl groups is 4. The molecule has 212 valence electrons. The number of aliphatic carboxylic acids is 3. The zero-order chi connectivity index (χ0) is 28.6. The minimum Gasteiger partial charge on any atom is -0.504 e. The molecular formula is C24H29N2O13+. The number of nitrogens with one attached hydrogen (secondary N) is 2. The normalized spacial score (nSPS) is 33.1. The molecule has 0 aromatic heterocycles. The number of aromatic hydroxyl groups is 1. The summed E-state index contributed by atoms with van der Waals surface area (Å²) in [5, 5.41) is 81.1. The van der Waals surface area contributed by atoms with E-state index in [0.29, 0.717) is 21.7 Å². The Hall–Kier alpha value is -3.73. The van der Waals surface area contributed by atoms with E-state index in [1.54, 1.807) is 6.08 Å². The highest BCUT2D eigenvalue weighted by Gasteiger charge is 2.46. The number of phenols is 1. The summed E-state index contributed by atoms with van der Waals surface area (Å²) in [6, 6.07) is 0.444. The van der Waals surface area contributed by atoms with E-state index >= 15 is 0 Å². The Morgan fingerprint density at radius 1 is 1.05 bits per heavy atom. The first kappa shape index (κ1) is 28.3. The fourth-order valence-corrected chi connectivity index (χ4v) is 4.90. The Labute approximate surface area is 220 Å². The second kappa shape index (κ2) is 11.2. The van der Waals surface area contributed by atoms with Gasteiger partial charge in [-0.15, -0.1) is 0 Å². The first-order valence-corrected chi connectivity index (χ1v) is 12.0. The first-order valence-electron chi connectivity index (χ1n) is 12.0. The molecule has 10 N–H and O–H groups in total. The molecule has 3 aliphatic rings. The Kier molecular flexibility index (Phi) is 8.10. The zero-order valence-corrected chi connectivity index (χ0v) is 20.3. The number of carboxylic acid groups (broad SMARTS) is 3. The van der Waals surface area contributed by atoms with Crippen LogP contribution in [-0.4, -0.2) is 115 Å². The Morgan fingerprint density at radius 3 is 2.38 bits per heavy atom. The van der Waals surface area contributed by atoms with Crippen LogP contribution in [0.25, 0.3) is 0 Å². The van der Waals surface area contributed by atoms with Crippen LogP contribution in [0.2, 0.25) is 0 Å². The Morgan fingerprint density at radius 2 is 1.77 bits per heavy atom. The number of fused-ring (bicyclic) bond motifs is 1. The second-order valence-electron chi connectivity index (χ2n) is 9.50. The summed E-state index contributed by atoms with van der Waals surface area (Å²) >= 11 is 0. The van der Waals surface area contributed by atoms with E-state index in [0.717, 1.165) is 0 Å². The average Bonchev–Trinajstić information content (AvgIpc) is 3.24. The van der Waals surface area contributed by atoms with Crippen molar-refractivity contribution in [1.82, 2.24) is 5.32 Å². The highest BCUT2D eigenvalue weighted by Crippen LogP contribution is 2.36. The van der Waals surface area contributed by atoms with Gasteiger partial charge in [-0.3, -0.25) is 4.90 Å². The molecule has 0 saturated carbocycles. The third-order valence-corrected chi connectivity index (χ3v) is 6.98. The van der Waals surface area contributed by atoms with E-state index in [-0.39, 0.29) is 30.8 Å². The van der Waals surface area contributed by atoms with Crippen LogP contribution >= 0.6 is 0 Å². The molecular weight excluding hydrogens is 524 g/mol. The zero-order valence-electron chi connectivity index (χ0n) is 20.3. The molecule has 1 saturated heterocycles. The second-order valence-corrected chi connectivity index (χ2v) is 9.50. The van der Waals surface area contributed by atoms with Gasteiger partial charge in [0.25, 0.3) is 0 Å². The monoisotopic (exact) mass is 553 g/mol. The van der Waals surface area contributed by atoms with Crippen LogP contribution in [0.4, 0.5) is 5.69 Å². The minimum atomic E-state index is -1.74. The number of carbonyl (C=O) groups is 3. The maximum absolute atomic E-state index is 12.0. The van der Waals surface area contributed by atoms with Crippen LogP contribution in [0, 0.1) is 0 Å². The molecule has 4 rings (SSSR count). The van der Waals surface area contributed by atoms with E-state index in [4.69, 9.17) is 9.47 Å². The van der Waals surface area contributed by atoms with Gasteiger partial charge in [0.05, 0.1) is 6.61 Å². The lowest BCUT2D eigenvalue weighted by Crippen LogP contribution is -3.11. The summed E-state index contributed by atoms with van der Waals surface area (Å²) in [5.41, 5.74) is 0.944. The largest absolute Gasteiger partial charge is 0.504 e. The third-order valence-electron chi connectivity index (χ3n) is 6.98. The predicted molar refractivity (Wildman–Crippen MR) is 126 cm³/mol. The van der Waals surface area contributed by atoms with E-state index < -0.39 is 73.1 Å². The SMILES string of the molecule is O=C(O)C1=C/C(=C\C[NH+]2c3cc(O[C@@H]4O[C@H](CO)[C@@H](O)[C@H](O)[C@H]4O)c(O)cc3C[C@H]2C(=O)O)C[C@@H](C(=O)O)N1. The van der Waals surface area contributed by atoms with E-state index in [9.17, 15) is 55.2 Å². The topological polar surface area (TPSA) is 248 Å². The van der Waals surface area contributed by atoms with Crippen LogP contribution in [0.3, 0.4) is 0 Å². The van der Waals surface area contributed by atoms with Crippen LogP contribution in [0.5, 0.6) is 11.5 Å². The molecule has 0 spiro atoms. The van der Waals surface area contributed by atoms with Crippen molar-refractivity contribution in [3.8, 4) is 11.5 Å². The fraction of sp³-hybridized carbons (Fsp3) is 0.458. The van der Waals surface area contributed by atoms with Gasteiger partial charge in [0.2, 0.25) is 6.29 Å². The van der Waals surface area contributed by atoms with Crippen molar-refractivity contribution >= 4 is 23.6 Å². The molecule has 1 aromatic carbocycles. The number of allylic oxidation sites excluding steroid dienone is 1. The summed E-state index contributed by atoms with van der Waals surface area (Å²) < 4.78 is 10.9. The number of rotatable bonds is 8. The van der Waals surface area contributed by atoms with Gasteiger partial charge in [-0.2, -0.15) is 0 Å². The standard InChI is InChI=1S/C24H28N2O13/c27-8-17-18(29)19(30)20(31)24(39-17)38-16-7-13-10(6-15(16)28)5-14(23(36)37)26(13)2-1-9-3-11(21(32)33)25-12(4-9)22(34)35/h1,3,6-7,12,14,17-20,24-25,27-31H,2,4-5,8H2,(H,32,33)(H,34,35)(H,36,37)/p+1/b9-1+/t12-,14-,17+,18+,19-,20+,24+/m0/s1. The molecule has 0 aliphatic carbocycles. The summed E-state index contributed by atoms with van der Waals surface area (Å²) in [5.74, 6) is -4.38. The molecule has 15 nitrogen and oxygen atoms in total. The number of benzene rings is 1. The average molecular weight is 553 g/mol. The maximum Gasteiger partial charge on any atom is 0.363 e. The first-order chi connectivity index (χ1) is 18.4. The van der Waals surface area contributed by atoms with Gasteiger partial charge >= 0.3 is 17.9 Å². The van der Waals surface area contributed by atoms with E-state index in [2.05, 4.69) is 5.32 Å². The molecule has 39 heavy (non-hydrogen) atoms. The van der Waals surface area contributed by atoms with Gasteiger partial charge in [0.1, 0.15) is 48.4 Å². The number of hydrogen-bond acceptors (Lipinski definition) is 11. The quantitative estimate of drug-likeness (QED) is 0.140. The molecule has 0 bridgehead atoms. The summed E-state index contributed by atoms with van der Waals surface area (Å²) in [6.07, 6.45) is -5.10. The number of hydrogen-bond donors (Lipinski definition) is 10. The van der Waals surface area contributed by atoms with Crippen LogP contribution in [0.1, 0.15) is 12.0 Å². The Bertz CT molecular complexity index is 1210. The van der Waals surface area contributed by atoms with Crippen molar-refractivity contribution < 1.29 is 69.6 Å². The van der Waals surface area contributed by atoms with Crippen LogP contribution < -0.4 is 15.0 Å². The van der Waals surface area contributed by atoms with Gasteiger partial charge in [-0.1, -0.05) is 0 Å². The lowest BCUT2D eigenvalue weighted by Gasteiger charge is -2.39. The fourth-order valence-electron chi connectivity index (χ4n) is 4.90. The Balaban J connectivity index is 1.62. The van der Waals surface area contributed by atoms with Gasteiger partial charge < -0.3 is 55.6 Å². The molecule has 1 fully saturated rings. The van der Waals surface area contributed by atoms with Crippen molar-refractivity contribution in [2.45, 2.75) is 55.6 Å². The number of phenolic OH excluding ortho intramolecular Hbond substituents is 1. The van der Waals surface area contributed by atoms with Gasteiger partial charge in [0.15, 0.2) is 17.5 Å². The summed E-state index contributed by atoms with van der Waals surface area (Å²) in [4.78, 5) is 35.3. The predicted octanol–water partition coefficient (Wildman–Crippen LogP) is -3.56. The van der Waals surface area contributed by atoms with Crippen molar-refractivity contribution in [1.29, 1.82) is 0 Å². The third kappa shape index (κ3) is 5.68. The number of ether oxygens (including phenoxy) is 2. The number of aliphatic hydroxyl groups excluding tert-OH is 4. The molecule has 0 amide bonds. The van der Waals surface area contributed by atoms with E-state index in [1.807, 2.05) is 0 Å². The van der Waals surface area contributed by atoms with Gasteiger partial charge in [-0.25, -0.2) is 14.4 Å². The maximum atomic E-state index is 12.0. The van der Waals surface area contributed by atoms with Crippen LogP contribution in [-0.2, 0) is 25.5 Å². The summed E-state index contributed by atoms with van der Waals surface area (Å²) in [7, 11) is 0. The number of quaternary nitrogens is 1. The van der Waals surface area contributed by atoms with Crippen molar-refractivity contribution in [3.05, 3.63) is 41.1 Å². The number of carboxylic acids is 3. The van der Waals surface area contributed by atoms with Crippen LogP contribution in [0.15, 0.2) is 35.6 Å². The lowest BCUT2D eigenvalue weighted by molar-refractivity contribution is -0.838. The highest BCUT2D eigenvalue weighted by atomic mass is 16.7. The van der Waals surface area contributed by atoms with Gasteiger partial charge in [-0.05, 0) is 23.8 Å². The molecule has 1 unspecified atom stereocenters. The molecule has 3 heterocycles. The summed E-state index contributed by atoms with van der Waals surface area (Å²) in [6.45, 7) is -0.677. The lowest BCUT2D eigenvalue weighted by atomic mass is 9.99. The minimum absolute atomic E-state index is 0.0132. The molecule has 3 aliphatic heterocycles. The highest BCUT2D eigenvalue weighted by molar-refractivity contribution is 5.89. The van der Waals surface area contributed by atoms with Crippen molar-refractivity contribution in [2.75, 3.05) is 13.2 Å².